The number of nitrogen functional groups attached to an aromatic ring is 1. The standard InChI is InChI=1S/C16H26N2O/c1-3-16-12-19-13(2)11-18(16)9-5-7-14-6-4-8-15(17)10-14/h4,6,8,10,13,16H,3,5,7,9,11-12,17H2,1-2H3. The van der Waals surface area contributed by atoms with Crippen molar-refractivity contribution in [2.24, 2.45) is 0 Å². The Bertz CT molecular complexity index is 394. The summed E-state index contributed by atoms with van der Waals surface area (Å²) in [5.41, 5.74) is 8.01. The van der Waals surface area contributed by atoms with Crippen LogP contribution < -0.4 is 5.73 Å². The maximum atomic E-state index is 5.81. The first-order valence-corrected chi connectivity index (χ1v) is 7.39. The van der Waals surface area contributed by atoms with E-state index in [4.69, 9.17) is 10.5 Å². The molecule has 3 heteroatoms. The monoisotopic (exact) mass is 262 g/mol. The molecular formula is C16H26N2O. The van der Waals surface area contributed by atoms with E-state index in [1.807, 2.05) is 12.1 Å². The molecule has 1 fully saturated rings. The Morgan fingerprint density at radius 1 is 1.42 bits per heavy atom. The predicted octanol–water partition coefficient (Wildman–Crippen LogP) is 2.70. The maximum Gasteiger partial charge on any atom is 0.0674 e. The molecule has 106 valence electrons. The number of hydrogen-bond acceptors (Lipinski definition) is 3. The zero-order valence-electron chi connectivity index (χ0n) is 12.1. The second kappa shape index (κ2) is 6.92. The molecule has 19 heavy (non-hydrogen) atoms. The molecule has 1 aromatic carbocycles. The quantitative estimate of drug-likeness (QED) is 0.829. The number of ether oxygens (including phenoxy) is 1. The van der Waals surface area contributed by atoms with Crippen LogP contribution in [0, 0.1) is 0 Å². The van der Waals surface area contributed by atoms with E-state index in [0.717, 1.165) is 31.8 Å². The largest absolute Gasteiger partial charge is 0.399 e. The maximum absolute atomic E-state index is 5.81. The van der Waals surface area contributed by atoms with Gasteiger partial charge in [0.1, 0.15) is 0 Å². The third-order valence-electron chi connectivity index (χ3n) is 3.91. The van der Waals surface area contributed by atoms with E-state index < -0.39 is 0 Å². The highest BCUT2D eigenvalue weighted by Crippen LogP contribution is 2.16. The molecule has 3 nitrogen and oxygen atoms in total. The van der Waals surface area contributed by atoms with E-state index in [1.165, 1.54) is 18.4 Å². The van der Waals surface area contributed by atoms with Gasteiger partial charge in [-0.2, -0.15) is 0 Å². The molecule has 0 radical (unpaired) electrons. The molecular weight excluding hydrogens is 236 g/mol. The molecule has 1 saturated heterocycles. The van der Waals surface area contributed by atoms with E-state index in [0.29, 0.717) is 12.1 Å². The van der Waals surface area contributed by atoms with Crippen molar-refractivity contribution in [2.75, 3.05) is 25.4 Å². The van der Waals surface area contributed by atoms with Gasteiger partial charge in [0, 0.05) is 18.3 Å². The molecule has 1 aromatic rings. The summed E-state index contributed by atoms with van der Waals surface area (Å²) >= 11 is 0. The number of aryl methyl sites for hydroxylation is 1. The molecule has 2 atom stereocenters. The van der Waals surface area contributed by atoms with Crippen molar-refractivity contribution in [3.05, 3.63) is 29.8 Å². The van der Waals surface area contributed by atoms with Crippen LogP contribution in [0.15, 0.2) is 24.3 Å². The van der Waals surface area contributed by atoms with Crippen LogP contribution in [0.3, 0.4) is 0 Å². The van der Waals surface area contributed by atoms with E-state index in [9.17, 15) is 0 Å². The lowest BCUT2D eigenvalue weighted by atomic mass is 10.1. The number of nitrogens with two attached hydrogens (primary N) is 1. The van der Waals surface area contributed by atoms with Gasteiger partial charge in [0.15, 0.2) is 0 Å². The molecule has 1 aliphatic heterocycles. The summed E-state index contributed by atoms with van der Waals surface area (Å²) in [6.07, 6.45) is 3.83. The Balaban J connectivity index is 1.80. The van der Waals surface area contributed by atoms with E-state index >= 15 is 0 Å². The summed E-state index contributed by atoms with van der Waals surface area (Å²) in [5.74, 6) is 0. The minimum Gasteiger partial charge on any atom is -0.399 e. The molecule has 2 unspecified atom stereocenters. The van der Waals surface area contributed by atoms with Gasteiger partial charge >= 0.3 is 0 Å². The molecule has 0 saturated carbocycles. The fourth-order valence-corrected chi connectivity index (χ4v) is 2.80. The minimum absolute atomic E-state index is 0.371. The van der Waals surface area contributed by atoms with Crippen molar-refractivity contribution >= 4 is 5.69 Å². The normalized spacial score (nSPS) is 24.5. The van der Waals surface area contributed by atoms with E-state index in [2.05, 4.69) is 30.9 Å². The smallest absolute Gasteiger partial charge is 0.0674 e. The Kier molecular flexibility index (Phi) is 5.23. The molecule has 2 rings (SSSR count). The second-order valence-electron chi connectivity index (χ2n) is 5.55. The summed E-state index contributed by atoms with van der Waals surface area (Å²) in [6, 6.07) is 8.82. The summed E-state index contributed by atoms with van der Waals surface area (Å²) in [6.45, 7) is 7.51. The number of nitrogens with zero attached hydrogens (tertiary/aromatic N) is 1. The van der Waals surface area contributed by atoms with Crippen LogP contribution in [0.25, 0.3) is 0 Å². The third-order valence-corrected chi connectivity index (χ3v) is 3.91. The minimum atomic E-state index is 0.371. The summed E-state index contributed by atoms with van der Waals surface area (Å²) < 4.78 is 5.73. The molecule has 0 amide bonds. The van der Waals surface area contributed by atoms with E-state index in [1.54, 1.807) is 0 Å². The van der Waals surface area contributed by atoms with Crippen LogP contribution in [0.1, 0.15) is 32.3 Å². The Labute approximate surface area is 116 Å². The second-order valence-corrected chi connectivity index (χ2v) is 5.55. The molecule has 2 N–H and O–H groups in total. The topological polar surface area (TPSA) is 38.5 Å². The first-order valence-electron chi connectivity index (χ1n) is 7.39. The predicted molar refractivity (Wildman–Crippen MR) is 80.2 cm³/mol. The van der Waals surface area contributed by atoms with Crippen molar-refractivity contribution in [2.45, 2.75) is 45.3 Å². The first kappa shape index (κ1) is 14.4. The summed E-state index contributed by atoms with van der Waals surface area (Å²) in [4.78, 5) is 2.58. The molecule has 1 aliphatic rings. The van der Waals surface area contributed by atoms with Gasteiger partial charge < -0.3 is 10.5 Å². The zero-order chi connectivity index (χ0) is 13.7. The third kappa shape index (κ3) is 4.22. The van der Waals surface area contributed by atoms with Gasteiger partial charge in [-0.25, -0.2) is 0 Å². The Morgan fingerprint density at radius 2 is 2.26 bits per heavy atom. The number of hydrogen-bond donors (Lipinski definition) is 1. The molecule has 0 aromatic heterocycles. The highest BCUT2D eigenvalue weighted by atomic mass is 16.5. The van der Waals surface area contributed by atoms with Crippen molar-refractivity contribution < 1.29 is 4.74 Å². The lowest BCUT2D eigenvalue weighted by Crippen LogP contribution is -2.48. The lowest BCUT2D eigenvalue weighted by Gasteiger charge is -2.38. The van der Waals surface area contributed by atoms with Gasteiger partial charge in [0.2, 0.25) is 0 Å². The van der Waals surface area contributed by atoms with Gasteiger partial charge in [0.25, 0.3) is 0 Å². The van der Waals surface area contributed by atoms with E-state index in [-0.39, 0.29) is 0 Å². The average Bonchev–Trinajstić information content (AvgIpc) is 2.39. The van der Waals surface area contributed by atoms with Gasteiger partial charge in [0.05, 0.1) is 12.7 Å². The summed E-state index contributed by atoms with van der Waals surface area (Å²) in [5, 5.41) is 0. The molecule has 0 aliphatic carbocycles. The van der Waals surface area contributed by atoms with Crippen LogP contribution in [0.5, 0.6) is 0 Å². The SMILES string of the molecule is CCC1COC(C)CN1CCCc1cccc(N)c1. The number of anilines is 1. The van der Waals surface area contributed by atoms with Crippen molar-refractivity contribution in [3.63, 3.8) is 0 Å². The number of benzene rings is 1. The van der Waals surface area contributed by atoms with Crippen molar-refractivity contribution in [1.82, 2.24) is 4.90 Å². The fraction of sp³-hybridized carbons (Fsp3) is 0.625. The van der Waals surface area contributed by atoms with Crippen LogP contribution in [0.2, 0.25) is 0 Å². The molecule has 0 bridgehead atoms. The van der Waals surface area contributed by atoms with Crippen LogP contribution in [0.4, 0.5) is 5.69 Å². The fourth-order valence-electron chi connectivity index (χ4n) is 2.80. The van der Waals surface area contributed by atoms with Gasteiger partial charge in [-0.1, -0.05) is 19.1 Å². The Morgan fingerprint density at radius 3 is 3.00 bits per heavy atom. The van der Waals surface area contributed by atoms with Crippen LogP contribution >= 0.6 is 0 Å². The first-order chi connectivity index (χ1) is 9.19. The number of morpholine rings is 1. The number of rotatable bonds is 5. The van der Waals surface area contributed by atoms with Crippen LogP contribution in [-0.4, -0.2) is 36.7 Å². The lowest BCUT2D eigenvalue weighted by molar-refractivity contribution is -0.0559. The highest BCUT2D eigenvalue weighted by molar-refractivity contribution is 5.40. The van der Waals surface area contributed by atoms with Crippen LogP contribution in [-0.2, 0) is 11.2 Å². The molecule has 1 heterocycles. The van der Waals surface area contributed by atoms with Crippen molar-refractivity contribution in [3.8, 4) is 0 Å². The van der Waals surface area contributed by atoms with Gasteiger partial charge in [-0.3, -0.25) is 4.90 Å². The van der Waals surface area contributed by atoms with Gasteiger partial charge in [-0.15, -0.1) is 0 Å². The van der Waals surface area contributed by atoms with Crippen molar-refractivity contribution in [1.29, 1.82) is 0 Å². The summed E-state index contributed by atoms with van der Waals surface area (Å²) in [7, 11) is 0. The average molecular weight is 262 g/mol. The zero-order valence-corrected chi connectivity index (χ0v) is 12.1. The Hall–Kier alpha value is -1.06. The molecule has 0 spiro atoms. The van der Waals surface area contributed by atoms with Gasteiger partial charge in [-0.05, 0) is 50.4 Å². The highest BCUT2D eigenvalue weighted by Gasteiger charge is 2.24.